The molecule has 0 bridgehead atoms. The van der Waals surface area contributed by atoms with E-state index in [1.807, 2.05) is 24.3 Å². The summed E-state index contributed by atoms with van der Waals surface area (Å²) < 4.78 is 5.83. The maximum absolute atomic E-state index is 9.54. The lowest BCUT2D eigenvalue weighted by atomic mass is 10.1. The molecule has 0 amide bonds. The van der Waals surface area contributed by atoms with Gasteiger partial charge in [-0.25, -0.2) is 0 Å². The molecule has 3 aromatic carbocycles. The van der Waals surface area contributed by atoms with Crippen molar-refractivity contribution in [3.05, 3.63) is 71.8 Å². The minimum absolute atomic E-state index is 0.273. The average molecular weight is 278 g/mol. The van der Waals surface area contributed by atoms with Gasteiger partial charge in [-0.3, -0.25) is 0 Å². The zero-order valence-electron chi connectivity index (χ0n) is 12.0. The largest absolute Gasteiger partial charge is 0.508 e. The zero-order chi connectivity index (χ0) is 14.7. The van der Waals surface area contributed by atoms with Crippen molar-refractivity contribution < 1.29 is 9.84 Å². The van der Waals surface area contributed by atoms with E-state index in [0.717, 1.165) is 28.5 Å². The highest BCUT2D eigenvalue weighted by molar-refractivity contribution is 5.85. The van der Waals surface area contributed by atoms with Gasteiger partial charge in [-0.2, -0.15) is 0 Å². The lowest BCUT2D eigenvalue weighted by Crippen LogP contribution is -1.95. The van der Waals surface area contributed by atoms with Gasteiger partial charge in [0.15, 0.2) is 0 Å². The topological polar surface area (TPSA) is 29.5 Å². The van der Waals surface area contributed by atoms with Gasteiger partial charge in [0.1, 0.15) is 18.1 Å². The van der Waals surface area contributed by atoms with Gasteiger partial charge in [0.25, 0.3) is 0 Å². The van der Waals surface area contributed by atoms with E-state index in [2.05, 4.69) is 31.2 Å². The second-order valence-electron chi connectivity index (χ2n) is 5.15. The molecule has 3 rings (SSSR count). The minimum atomic E-state index is 0.273. The lowest BCUT2D eigenvalue weighted by molar-refractivity contribution is 0.306. The molecule has 1 N–H and O–H groups in total. The number of aryl methyl sites for hydroxylation is 1. The predicted molar refractivity (Wildman–Crippen MR) is 85.8 cm³/mol. The second kappa shape index (κ2) is 5.88. The maximum atomic E-state index is 9.54. The van der Waals surface area contributed by atoms with Crippen LogP contribution in [0, 0.1) is 0 Å². The van der Waals surface area contributed by atoms with E-state index in [4.69, 9.17) is 4.74 Å². The number of benzene rings is 3. The van der Waals surface area contributed by atoms with Crippen LogP contribution in [0.15, 0.2) is 60.7 Å². The number of aromatic hydroxyl groups is 1. The Labute approximate surface area is 124 Å². The standard InChI is InChI=1S/C19H18O2/c1-2-14-3-5-15(6-4-14)13-21-19-10-8-16-7-9-18(20)11-17(16)12-19/h3-12,20H,2,13H2,1H3. The molecular formula is C19H18O2. The summed E-state index contributed by atoms with van der Waals surface area (Å²) in [4.78, 5) is 0. The van der Waals surface area contributed by atoms with Crippen LogP contribution in [0.25, 0.3) is 10.8 Å². The third kappa shape index (κ3) is 3.16. The molecule has 0 aliphatic carbocycles. The highest BCUT2D eigenvalue weighted by atomic mass is 16.5. The zero-order valence-corrected chi connectivity index (χ0v) is 12.0. The monoisotopic (exact) mass is 278 g/mol. The van der Waals surface area contributed by atoms with Gasteiger partial charge in [0, 0.05) is 0 Å². The van der Waals surface area contributed by atoms with E-state index < -0.39 is 0 Å². The number of ether oxygens (including phenoxy) is 1. The summed E-state index contributed by atoms with van der Waals surface area (Å²) in [7, 11) is 0. The molecule has 0 radical (unpaired) electrons. The van der Waals surface area contributed by atoms with Crippen LogP contribution in [-0.4, -0.2) is 5.11 Å². The van der Waals surface area contributed by atoms with Crippen LogP contribution in [-0.2, 0) is 13.0 Å². The normalized spacial score (nSPS) is 10.7. The third-order valence-corrected chi connectivity index (χ3v) is 3.63. The van der Waals surface area contributed by atoms with Gasteiger partial charge >= 0.3 is 0 Å². The highest BCUT2D eigenvalue weighted by Crippen LogP contribution is 2.25. The Morgan fingerprint density at radius 2 is 1.52 bits per heavy atom. The number of rotatable bonds is 4. The fraction of sp³-hybridized carbons (Fsp3) is 0.158. The van der Waals surface area contributed by atoms with Crippen molar-refractivity contribution in [3.63, 3.8) is 0 Å². The Morgan fingerprint density at radius 1 is 0.810 bits per heavy atom. The molecule has 0 unspecified atom stereocenters. The van der Waals surface area contributed by atoms with Gasteiger partial charge in [0.05, 0.1) is 0 Å². The Bertz CT molecular complexity index is 745. The molecule has 21 heavy (non-hydrogen) atoms. The first-order valence-corrected chi connectivity index (χ1v) is 7.18. The first-order chi connectivity index (χ1) is 10.2. The van der Waals surface area contributed by atoms with Gasteiger partial charge in [-0.1, -0.05) is 43.3 Å². The fourth-order valence-corrected chi connectivity index (χ4v) is 2.34. The fourth-order valence-electron chi connectivity index (χ4n) is 2.34. The highest BCUT2D eigenvalue weighted by Gasteiger charge is 2.00. The molecule has 0 heterocycles. The van der Waals surface area contributed by atoms with Crippen LogP contribution in [0.1, 0.15) is 18.1 Å². The smallest absolute Gasteiger partial charge is 0.120 e. The van der Waals surface area contributed by atoms with E-state index in [1.54, 1.807) is 12.1 Å². The second-order valence-corrected chi connectivity index (χ2v) is 5.15. The molecule has 0 aliphatic heterocycles. The van der Waals surface area contributed by atoms with Crippen LogP contribution in [0.2, 0.25) is 0 Å². The number of phenolic OH excluding ortho intramolecular Hbond substituents is 1. The molecule has 0 saturated heterocycles. The van der Waals surface area contributed by atoms with Crippen molar-refractivity contribution >= 4 is 10.8 Å². The summed E-state index contributed by atoms with van der Waals surface area (Å²) in [5.41, 5.74) is 2.49. The SMILES string of the molecule is CCc1ccc(COc2ccc3ccc(O)cc3c2)cc1. The van der Waals surface area contributed by atoms with E-state index in [-0.39, 0.29) is 5.75 Å². The summed E-state index contributed by atoms with van der Waals surface area (Å²) in [5.74, 6) is 1.09. The Balaban J connectivity index is 1.74. The Kier molecular flexibility index (Phi) is 3.78. The van der Waals surface area contributed by atoms with E-state index in [9.17, 15) is 5.11 Å². The number of phenols is 1. The van der Waals surface area contributed by atoms with E-state index in [0.29, 0.717) is 6.61 Å². The van der Waals surface area contributed by atoms with Gasteiger partial charge in [0.2, 0.25) is 0 Å². The summed E-state index contributed by atoms with van der Waals surface area (Å²) in [6, 6.07) is 19.7. The van der Waals surface area contributed by atoms with Crippen LogP contribution in [0.5, 0.6) is 11.5 Å². The van der Waals surface area contributed by atoms with Crippen LogP contribution < -0.4 is 4.74 Å². The summed E-state index contributed by atoms with van der Waals surface area (Å²) in [5, 5.41) is 11.6. The molecule has 0 aliphatic rings. The van der Waals surface area contributed by atoms with Crippen molar-refractivity contribution in [1.82, 2.24) is 0 Å². The van der Waals surface area contributed by atoms with Gasteiger partial charge in [-0.15, -0.1) is 0 Å². The van der Waals surface area contributed by atoms with Gasteiger partial charge in [-0.05, 0) is 52.6 Å². The number of hydrogen-bond donors (Lipinski definition) is 1. The van der Waals surface area contributed by atoms with Crippen molar-refractivity contribution in [1.29, 1.82) is 0 Å². The molecular weight excluding hydrogens is 260 g/mol. The number of hydrogen-bond acceptors (Lipinski definition) is 2. The summed E-state index contributed by atoms with van der Waals surface area (Å²) >= 11 is 0. The Hall–Kier alpha value is -2.48. The minimum Gasteiger partial charge on any atom is -0.508 e. The van der Waals surface area contributed by atoms with Crippen molar-refractivity contribution in [2.24, 2.45) is 0 Å². The molecule has 0 saturated carbocycles. The molecule has 0 atom stereocenters. The van der Waals surface area contributed by atoms with Crippen molar-refractivity contribution in [2.45, 2.75) is 20.0 Å². The molecule has 0 aromatic heterocycles. The molecule has 0 spiro atoms. The molecule has 106 valence electrons. The third-order valence-electron chi connectivity index (χ3n) is 3.63. The first kappa shape index (κ1) is 13.5. The molecule has 0 fully saturated rings. The molecule has 2 heteroatoms. The molecule has 3 aromatic rings. The van der Waals surface area contributed by atoms with Crippen LogP contribution in [0.4, 0.5) is 0 Å². The van der Waals surface area contributed by atoms with E-state index in [1.165, 1.54) is 5.56 Å². The lowest BCUT2D eigenvalue weighted by Gasteiger charge is -2.08. The van der Waals surface area contributed by atoms with Crippen molar-refractivity contribution in [3.8, 4) is 11.5 Å². The first-order valence-electron chi connectivity index (χ1n) is 7.18. The average Bonchev–Trinajstić information content (AvgIpc) is 2.53. The quantitative estimate of drug-likeness (QED) is 0.750. The predicted octanol–water partition coefficient (Wildman–Crippen LogP) is 4.69. The summed E-state index contributed by atoms with van der Waals surface area (Å²) in [6.07, 6.45) is 1.05. The molecule has 2 nitrogen and oxygen atoms in total. The van der Waals surface area contributed by atoms with Crippen molar-refractivity contribution in [2.75, 3.05) is 0 Å². The number of fused-ring (bicyclic) bond motifs is 1. The summed E-state index contributed by atoms with van der Waals surface area (Å²) in [6.45, 7) is 2.70. The van der Waals surface area contributed by atoms with E-state index >= 15 is 0 Å². The van der Waals surface area contributed by atoms with Crippen LogP contribution >= 0.6 is 0 Å². The van der Waals surface area contributed by atoms with Gasteiger partial charge < -0.3 is 9.84 Å². The Morgan fingerprint density at radius 3 is 2.29 bits per heavy atom. The van der Waals surface area contributed by atoms with Crippen LogP contribution in [0.3, 0.4) is 0 Å². The maximum Gasteiger partial charge on any atom is 0.120 e.